The number of aliphatic hydroxyl groups is 1. The van der Waals surface area contributed by atoms with Gasteiger partial charge in [0.2, 0.25) is 0 Å². The number of carbonyl (C=O) groups is 2. The van der Waals surface area contributed by atoms with Gasteiger partial charge in [-0.3, -0.25) is 9.48 Å². The molecule has 0 radical (unpaired) electrons. The Bertz CT molecular complexity index is 426. The van der Waals surface area contributed by atoms with Crippen molar-refractivity contribution in [2.24, 2.45) is 7.05 Å². The maximum Gasteiger partial charge on any atom is 0.341 e. The van der Waals surface area contributed by atoms with Gasteiger partial charge in [0, 0.05) is 7.05 Å². The molecule has 1 heterocycles. The number of hydrogen-bond acceptors (Lipinski definition) is 6. The van der Waals surface area contributed by atoms with Crippen molar-refractivity contribution in [1.82, 2.24) is 9.78 Å². The molecule has 0 aromatic carbocycles. The van der Waals surface area contributed by atoms with Crippen LogP contribution in [0.15, 0.2) is 6.20 Å². The lowest BCUT2D eigenvalue weighted by molar-refractivity contribution is -0.143. The Morgan fingerprint density at radius 3 is 2.65 bits per heavy atom. The van der Waals surface area contributed by atoms with Crippen LogP contribution in [0.3, 0.4) is 0 Å². The van der Waals surface area contributed by atoms with Crippen LogP contribution >= 0.6 is 0 Å². The fraction of sp³-hybridized carbons (Fsp3) is 0.500. The highest BCUT2D eigenvalue weighted by Gasteiger charge is 2.24. The van der Waals surface area contributed by atoms with Gasteiger partial charge in [0.1, 0.15) is 11.7 Å². The minimum absolute atomic E-state index is 0.131. The van der Waals surface area contributed by atoms with E-state index >= 15 is 0 Å². The molecule has 7 heteroatoms. The summed E-state index contributed by atoms with van der Waals surface area (Å²) in [5.41, 5.74) is 0.355. The van der Waals surface area contributed by atoms with Crippen LogP contribution < -0.4 is 0 Å². The van der Waals surface area contributed by atoms with Gasteiger partial charge in [-0.05, 0) is 0 Å². The molecule has 0 saturated heterocycles. The number of carbonyl (C=O) groups excluding carboxylic acids is 2. The summed E-state index contributed by atoms with van der Waals surface area (Å²) in [5.74, 6) is -1.19. The summed E-state index contributed by atoms with van der Waals surface area (Å²) in [7, 11) is 4.01. The van der Waals surface area contributed by atoms with Crippen molar-refractivity contribution >= 4 is 11.9 Å². The second-order valence-electron chi connectivity index (χ2n) is 3.35. The summed E-state index contributed by atoms with van der Waals surface area (Å²) >= 11 is 0. The molecule has 0 aliphatic carbocycles. The second kappa shape index (κ2) is 5.44. The van der Waals surface area contributed by atoms with E-state index in [0.29, 0.717) is 0 Å². The topological polar surface area (TPSA) is 90.7 Å². The van der Waals surface area contributed by atoms with E-state index in [1.807, 2.05) is 0 Å². The normalized spacial score (nSPS) is 12.0. The standard InChI is InChI=1S/C10H14N2O5/c1-12-9(7(13)4-8(14)16-2)6(5-11-12)10(15)17-3/h5,7,13H,4H2,1-3H3/t7-/m1/s1. The molecule has 0 aliphatic heterocycles. The highest BCUT2D eigenvalue weighted by molar-refractivity contribution is 5.90. The number of rotatable bonds is 4. The molecule has 94 valence electrons. The molecular weight excluding hydrogens is 228 g/mol. The van der Waals surface area contributed by atoms with Gasteiger partial charge in [0.05, 0.1) is 32.5 Å². The van der Waals surface area contributed by atoms with E-state index in [2.05, 4.69) is 14.6 Å². The van der Waals surface area contributed by atoms with E-state index in [0.717, 1.165) is 0 Å². The number of aliphatic hydroxyl groups excluding tert-OH is 1. The third kappa shape index (κ3) is 2.82. The lowest BCUT2D eigenvalue weighted by Crippen LogP contribution is -2.15. The summed E-state index contributed by atoms with van der Waals surface area (Å²) in [4.78, 5) is 22.5. The third-order valence-electron chi connectivity index (χ3n) is 2.29. The number of esters is 2. The van der Waals surface area contributed by atoms with E-state index in [1.54, 1.807) is 7.05 Å². The fourth-order valence-corrected chi connectivity index (χ4v) is 1.45. The summed E-state index contributed by atoms with van der Waals surface area (Å²) in [6.07, 6.45) is -0.133. The van der Waals surface area contributed by atoms with Crippen molar-refractivity contribution in [3.8, 4) is 0 Å². The number of aromatic nitrogens is 2. The highest BCUT2D eigenvalue weighted by atomic mass is 16.5. The lowest BCUT2D eigenvalue weighted by atomic mass is 10.1. The average molecular weight is 242 g/mol. The summed E-state index contributed by atoms with van der Waals surface area (Å²) in [6, 6.07) is 0. The van der Waals surface area contributed by atoms with Gasteiger partial charge in [0.25, 0.3) is 0 Å². The summed E-state index contributed by atoms with van der Waals surface area (Å²) < 4.78 is 10.3. The zero-order valence-electron chi connectivity index (χ0n) is 9.84. The Morgan fingerprint density at radius 2 is 2.12 bits per heavy atom. The second-order valence-corrected chi connectivity index (χ2v) is 3.35. The number of ether oxygens (including phenoxy) is 2. The van der Waals surface area contributed by atoms with Gasteiger partial charge in [-0.1, -0.05) is 0 Å². The fourth-order valence-electron chi connectivity index (χ4n) is 1.45. The first-order valence-electron chi connectivity index (χ1n) is 4.86. The minimum atomic E-state index is -1.16. The van der Waals surface area contributed by atoms with E-state index in [1.165, 1.54) is 25.1 Å². The van der Waals surface area contributed by atoms with E-state index < -0.39 is 18.0 Å². The number of nitrogens with zero attached hydrogens (tertiary/aromatic N) is 2. The van der Waals surface area contributed by atoms with Gasteiger partial charge in [-0.25, -0.2) is 4.79 Å². The van der Waals surface area contributed by atoms with Gasteiger partial charge in [0.15, 0.2) is 0 Å². The van der Waals surface area contributed by atoms with Crippen LogP contribution in [0.1, 0.15) is 28.6 Å². The maximum absolute atomic E-state index is 11.4. The van der Waals surface area contributed by atoms with Crippen molar-refractivity contribution in [2.75, 3.05) is 14.2 Å². The Kier molecular flexibility index (Phi) is 4.22. The molecule has 1 atom stereocenters. The molecule has 1 aromatic rings. The number of aryl methyl sites for hydroxylation is 1. The summed E-state index contributed by atoms with van der Waals surface area (Å²) in [5, 5.41) is 13.7. The van der Waals surface area contributed by atoms with E-state index in [4.69, 9.17) is 0 Å². The van der Waals surface area contributed by atoms with Crippen LogP contribution in [0.5, 0.6) is 0 Å². The Balaban J connectivity index is 2.99. The van der Waals surface area contributed by atoms with Gasteiger partial charge in [-0.15, -0.1) is 0 Å². The van der Waals surface area contributed by atoms with E-state index in [-0.39, 0.29) is 17.7 Å². The molecule has 0 unspecified atom stereocenters. The van der Waals surface area contributed by atoms with Gasteiger partial charge in [-0.2, -0.15) is 5.10 Å². The molecule has 1 N–H and O–H groups in total. The van der Waals surface area contributed by atoms with Gasteiger partial charge >= 0.3 is 11.9 Å². The number of methoxy groups -OCH3 is 2. The monoisotopic (exact) mass is 242 g/mol. The molecule has 1 rings (SSSR count). The van der Waals surface area contributed by atoms with Crippen LogP contribution in [-0.4, -0.2) is 41.0 Å². The van der Waals surface area contributed by atoms with Crippen LogP contribution in [0, 0.1) is 0 Å². The van der Waals surface area contributed by atoms with Crippen LogP contribution in [0.25, 0.3) is 0 Å². The van der Waals surface area contributed by atoms with E-state index in [9.17, 15) is 14.7 Å². The smallest absolute Gasteiger partial charge is 0.341 e. The van der Waals surface area contributed by atoms with Crippen LogP contribution in [0.2, 0.25) is 0 Å². The molecular formula is C10H14N2O5. The molecule has 0 saturated carbocycles. The summed E-state index contributed by atoms with van der Waals surface area (Å²) in [6.45, 7) is 0. The van der Waals surface area contributed by atoms with Crippen molar-refractivity contribution in [3.05, 3.63) is 17.5 Å². The Labute approximate surface area is 97.9 Å². The molecule has 0 amide bonds. The highest BCUT2D eigenvalue weighted by Crippen LogP contribution is 2.21. The number of hydrogen-bond donors (Lipinski definition) is 1. The molecule has 0 aliphatic rings. The first-order valence-corrected chi connectivity index (χ1v) is 4.86. The quantitative estimate of drug-likeness (QED) is 0.735. The molecule has 17 heavy (non-hydrogen) atoms. The van der Waals surface area contributed by atoms with Crippen molar-refractivity contribution < 1.29 is 24.2 Å². The molecule has 0 fully saturated rings. The third-order valence-corrected chi connectivity index (χ3v) is 2.29. The predicted octanol–water partition coefficient (Wildman–Crippen LogP) is -0.197. The zero-order chi connectivity index (χ0) is 13.0. The van der Waals surface area contributed by atoms with Gasteiger partial charge < -0.3 is 14.6 Å². The first kappa shape index (κ1) is 13.2. The zero-order valence-corrected chi connectivity index (χ0v) is 9.84. The average Bonchev–Trinajstić information content (AvgIpc) is 2.69. The van der Waals surface area contributed by atoms with Crippen molar-refractivity contribution in [1.29, 1.82) is 0 Å². The minimum Gasteiger partial charge on any atom is -0.469 e. The predicted molar refractivity (Wildman–Crippen MR) is 56.1 cm³/mol. The molecule has 0 spiro atoms. The van der Waals surface area contributed by atoms with Crippen molar-refractivity contribution in [2.45, 2.75) is 12.5 Å². The molecule has 1 aromatic heterocycles. The SMILES string of the molecule is COC(=O)C[C@@H](O)c1c(C(=O)OC)cnn1C. The van der Waals surface area contributed by atoms with Crippen LogP contribution in [-0.2, 0) is 21.3 Å². The largest absolute Gasteiger partial charge is 0.469 e. The first-order chi connectivity index (χ1) is 8.01. The lowest BCUT2D eigenvalue weighted by Gasteiger charge is -2.11. The molecule has 7 nitrogen and oxygen atoms in total. The Morgan fingerprint density at radius 1 is 1.47 bits per heavy atom. The van der Waals surface area contributed by atoms with Crippen molar-refractivity contribution in [3.63, 3.8) is 0 Å². The van der Waals surface area contributed by atoms with Crippen LogP contribution in [0.4, 0.5) is 0 Å². The Hall–Kier alpha value is -1.89. The molecule has 0 bridgehead atoms. The maximum atomic E-state index is 11.4.